The summed E-state index contributed by atoms with van der Waals surface area (Å²) in [5.74, 6) is -0.945. The van der Waals surface area contributed by atoms with E-state index in [9.17, 15) is 14.3 Å². The summed E-state index contributed by atoms with van der Waals surface area (Å²) in [5.41, 5.74) is 1.89. The minimum Gasteiger partial charge on any atom is -0.504 e. The second-order valence-corrected chi connectivity index (χ2v) is 7.08. The zero-order valence-electron chi connectivity index (χ0n) is 16.4. The zero-order chi connectivity index (χ0) is 21.5. The molecule has 0 bridgehead atoms. The Kier molecular flexibility index (Phi) is 7.14. The number of imidazole rings is 1. The van der Waals surface area contributed by atoms with Gasteiger partial charge in [-0.2, -0.15) is 0 Å². The number of aryl methyl sites for hydroxylation is 1. The molecule has 0 aliphatic rings. The Balaban J connectivity index is 1.87. The molecule has 154 valence electrons. The number of rotatable bonds is 8. The summed E-state index contributed by atoms with van der Waals surface area (Å²) in [6.07, 6.45) is 6.37. The van der Waals surface area contributed by atoms with E-state index in [1.807, 2.05) is 28.8 Å². The third-order valence-electron chi connectivity index (χ3n) is 4.72. The molecular formula is C23H21ClFN3O2. The maximum absolute atomic E-state index is 13.4. The minimum atomic E-state index is -0.590. The van der Waals surface area contributed by atoms with Crippen molar-refractivity contribution in [3.8, 4) is 0 Å². The number of halogens is 2. The molecule has 0 spiro atoms. The zero-order valence-corrected chi connectivity index (χ0v) is 17.1. The average molecular weight is 426 g/mol. The van der Waals surface area contributed by atoms with Crippen molar-refractivity contribution >= 4 is 29.7 Å². The van der Waals surface area contributed by atoms with E-state index in [0.717, 1.165) is 17.3 Å². The smallest absolute Gasteiger partial charge is 0.237 e. The number of aliphatic imine (C=N–C) groups is 1. The van der Waals surface area contributed by atoms with Crippen LogP contribution in [0.25, 0.3) is 6.08 Å². The lowest BCUT2D eigenvalue weighted by Gasteiger charge is -2.20. The van der Waals surface area contributed by atoms with Crippen LogP contribution in [0.4, 0.5) is 4.39 Å². The number of nitrogens with zero attached hydrogens (tertiary/aromatic N) is 3. The standard InChI is InChI=1S/C23H21ClFN3O2/c1-26-15-22(30)21(29)14-23-27-11-13-28(23)12-10-18(16-6-8-17(25)9-7-16)19-4-2-3-5-20(19)24/h2-9,11,13-15,18,29H,10,12H2,1H3/b21-14-,26-15-/t18-/m0/s1. The molecule has 0 saturated carbocycles. The van der Waals surface area contributed by atoms with Crippen molar-refractivity contribution in [2.45, 2.75) is 18.9 Å². The van der Waals surface area contributed by atoms with E-state index in [1.54, 1.807) is 24.5 Å². The average Bonchev–Trinajstić information content (AvgIpc) is 3.17. The van der Waals surface area contributed by atoms with Crippen molar-refractivity contribution in [2.75, 3.05) is 7.05 Å². The van der Waals surface area contributed by atoms with Crippen molar-refractivity contribution in [2.24, 2.45) is 4.99 Å². The number of allylic oxidation sites excluding steroid dienone is 1. The molecule has 1 N–H and O–H groups in total. The second-order valence-electron chi connectivity index (χ2n) is 6.67. The summed E-state index contributed by atoms with van der Waals surface area (Å²) in [5, 5.41) is 10.6. The summed E-state index contributed by atoms with van der Waals surface area (Å²) >= 11 is 6.44. The van der Waals surface area contributed by atoms with Crippen LogP contribution in [0.15, 0.2) is 71.7 Å². The number of benzene rings is 2. The van der Waals surface area contributed by atoms with Crippen molar-refractivity contribution in [3.05, 3.63) is 94.5 Å². The topological polar surface area (TPSA) is 67.5 Å². The Labute approximate surface area is 179 Å². The number of aliphatic hydroxyl groups is 1. The molecule has 2 aromatic carbocycles. The highest BCUT2D eigenvalue weighted by Crippen LogP contribution is 2.33. The Morgan fingerprint density at radius 2 is 2.00 bits per heavy atom. The molecule has 0 amide bonds. The second kappa shape index (κ2) is 9.98. The van der Waals surface area contributed by atoms with Gasteiger partial charge in [0, 0.05) is 43.0 Å². The molecule has 1 atom stereocenters. The van der Waals surface area contributed by atoms with Crippen LogP contribution in [0.1, 0.15) is 29.3 Å². The summed E-state index contributed by atoms with van der Waals surface area (Å²) in [4.78, 5) is 19.5. The first kappa shape index (κ1) is 21.5. The lowest BCUT2D eigenvalue weighted by Crippen LogP contribution is -2.09. The molecular weight excluding hydrogens is 405 g/mol. The van der Waals surface area contributed by atoms with Crippen LogP contribution in [0.5, 0.6) is 0 Å². The van der Waals surface area contributed by atoms with Crippen LogP contribution >= 0.6 is 11.6 Å². The van der Waals surface area contributed by atoms with Crippen LogP contribution < -0.4 is 0 Å². The van der Waals surface area contributed by atoms with Crippen molar-refractivity contribution in [3.63, 3.8) is 0 Å². The highest BCUT2D eigenvalue weighted by Gasteiger charge is 2.18. The monoisotopic (exact) mass is 425 g/mol. The van der Waals surface area contributed by atoms with Crippen LogP contribution in [0.2, 0.25) is 5.02 Å². The Hall–Kier alpha value is -3.25. The molecule has 1 heterocycles. The highest BCUT2D eigenvalue weighted by molar-refractivity contribution is 6.35. The first-order valence-electron chi connectivity index (χ1n) is 9.37. The fraction of sp³-hybridized carbons (Fsp3) is 0.174. The van der Waals surface area contributed by atoms with E-state index < -0.39 is 11.5 Å². The number of carbonyl (C=O) groups excluding carboxylic acids is 1. The largest absolute Gasteiger partial charge is 0.504 e. The Bertz CT molecular complexity index is 1070. The molecule has 3 rings (SSSR count). The fourth-order valence-electron chi connectivity index (χ4n) is 3.25. The maximum atomic E-state index is 13.4. The van der Waals surface area contributed by atoms with E-state index in [4.69, 9.17) is 11.6 Å². The number of hydrogen-bond acceptors (Lipinski definition) is 4. The van der Waals surface area contributed by atoms with Gasteiger partial charge < -0.3 is 9.67 Å². The third-order valence-corrected chi connectivity index (χ3v) is 5.07. The summed E-state index contributed by atoms with van der Waals surface area (Å²) in [6, 6.07) is 14.0. The van der Waals surface area contributed by atoms with Gasteiger partial charge in [-0.15, -0.1) is 0 Å². The lowest BCUT2D eigenvalue weighted by atomic mass is 9.88. The van der Waals surface area contributed by atoms with Gasteiger partial charge in [0.15, 0.2) is 5.76 Å². The molecule has 3 aromatic rings. The number of hydrogen-bond donors (Lipinski definition) is 1. The van der Waals surface area contributed by atoms with Gasteiger partial charge >= 0.3 is 0 Å². The predicted octanol–water partition coefficient (Wildman–Crippen LogP) is 5.07. The molecule has 0 aliphatic heterocycles. The van der Waals surface area contributed by atoms with Gasteiger partial charge in [0.2, 0.25) is 5.78 Å². The minimum absolute atomic E-state index is 0.0685. The molecule has 0 radical (unpaired) electrons. The molecule has 0 fully saturated rings. The van der Waals surface area contributed by atoms with E-state index in [2.05, 4.69) is 9.98 Å². The molecule has 7 heteroatoms. The number of aliphatic hydroxyl groups excluding tert-OH is 1. The van der Waals surface area contributed by atoms with Crippen LogP contribution in [-0.4, -0.2) is 33.7 Å². The molecule has 0 aliphatic carbocycles. The third kappa shape index (κ3) is 5.21. The number of Topliss-reactive ketones (excluding diaryl/α,β-unsaturated/α-hetero) is 1. The van der Waals surface area contributed by atoms with Crippen molar-refractivity contribution in [1.29, 1.82) is 0 Å². The molecule has 30 heavy (non-hydrogen) atoms. The van der Waals surface area contributed by atoms with Gasteiger partial charge in [0.05, 0.1) is 6.21 Å². The molecule has 5 nitrogen and oxygen atoms in total. The quantitative estimate of drug-likeness (QED) is 0.311. The first-order valence-corrected chi connectivity index (χ1v) is 9.75. The summed E-state index contributed by atoms with van der Waals surface area (Å²) in [7, 11) is 1.45. The van der Waals surface area contributed by atoms with Gasteiger partial charge in [-0.25, -0.2) is 9.37 Å². The predicted molar refractivity (Wildman–Crippen MR) is 117 cm³/mol. The molecule has 1 aromatic heterocycles. The van der Waals surface area contributed by atoms with E-state index in [-0.39, 0.29) is 11.7 Å². The van der Waals surface area contributed by atoms with Gasteiger partial charge in [-0.1, -0.05) is 41.9 Å². The van der Waals surface area contributed by atoms with Gasteiger partial charge in [0.1, 0.15) is 11.6 Å². The van der Waals surface area contributed by atoms with E-state index in [1.165, 1.54) is 25.3 Å². The Morgan fingerprint density at radius 1 is 1.27 bits per heavy atom. The molecule has 0 unspecified atom stereocenters. The summed E-state index contributed by atoms with van der Waals surface area (Å²) in [6.45, 7) is 0.544. The van der Waals surface area contributed by atoms with Crippen LogP contribution in [0.3, 0.4) is 0 Å². The van der Waals surface area contributed by atoms with Crippen LogP contribution in [-0.2, 0) is 11.3 Å². The van der Waals surface area contributed by atoms with Crippen molar-refractivity contribution < 1.29 is 14.3 Å². The Morgan fingerprint density at radius 3 is 2.70 bits per heavy atom. The normalized spacial score (nSPS) is 13.0. The van der Waals surface area contributed by atoms with E-state index >= 15 is 0 Å². The van der Waals surface area contributed by atoms with Gasteiger partial charge in [-0.3, -0.25) is 9.79 Å². The first-order chi connectivity index (χ1) is 14.5. The van der Waals surface area contributed by atoms with Gasteiger partial charge in [0.25, 0.3) is 0 Å². The van der Waals surface area contributed by atoms with Crippen molar-refractivity contribution in [1.82, 2.24) is 9.55 Å². The van der Waals surface area contributed by atoms with Crippen LogP contribution in [0, 0.1) is 5.82 Å². The SMILES string of the molecule is C/N=C\C(=O)/C(O)=C/c1nccn1CC[C@@H](c1ccc(F)cc1)c1ccccc1Cl. The number of carbonyl (C=O) groups is 1. The lowest BCUT2D eigenvalue weighted by molar-refractivity contribution is -0.111. The number of aromatic nitrogens is 2. The number of ketones is 1. The fourth-order valence-corrected chi connectivity index (χ4v) is 3.52. The van der Waals surface area contributed by atoms with Gasteiger partial charge in [-0.05, 0) is 35.7 Å². The summed E-state index contributed by atoms with van der Waals surface area (Å²) < 4.78 is 15.3. The molecule has 0 saturated heterocycles. The maximum Gasteiger partial charge on any atom is 0.237 e. The highest BCUT2D eigenvalue weighted by atomic mass is 35.5. The van der Waals surface area contributed by atoms with E-state index in [0.29, 0.717) is 23.8 Å².